The Balaban J connectivity index is 1.88. The van der Waals surface area contributed by atoms with Crippen LogP contribution in [0.3, 0.4) is 0 Å². The maximum atomic E-state index is 12.8. The van der Waals surface area contributed by atoms with Gasteiger partial charge in [-0.2, -0.15) is 0 Å². The molecular formula is C27H29NO4. The number of ether oxygens (including phenoxy) is 2. The average molecular weight is 432 g/mol. The van der Waals surface area contributed by atoms with Gasteiger partial charge in [-0.1, -0.05) is 69.3 Å². The summed E-state index contributed by atoms with van der Waals surface area (Å²) in [6, 6.07) is 23.4. The molecule has 3 aromatic rings. The predicted octanol–water partition coefficient (Wildman–Crippen LogP) is 5.37. The zero-order chi connectivity index (χ0) is 23.3. The van der Waals surface area contributed by atoms with Gasteiger partial charge in [-0.25, -0.2) is 4.79 Å². The van der Waals surface area contributed by atoms with Gasteiger partial charge in [-0.15, -0.1) is 0 Å². The Morgan fingerprint density at radius 3 is 1.78 bits per heavy atom. The number of methoxy groups -OCH3 is 2. The van der Waals surface area contributed by atoms with E-state index in [2.05, 4.69) is 37.6 Å². The van der Waals surface area contributed by atoms with E-state index in [1.54, 1.807) is 7.11 Å². The van der Waals surface area contributed by atoms with E-state index in [0.717, 1.165) is 22.4 Å². The summed E-state index contributed by atoms with van der Waals surface area (Å²) in [5.41, 5.74) is 4.82. The van der Waals surface area contributed by atoms with Gasteiger partial charge in [0.1, 0.15) is 5.75 Å². The predicted molar refractivity (Wildman–Crippen MR) is 127 cm³/mol. The molecule has 0 spiro atoms. The highest BCUT2D eigenvalue weighted by atomic mass is 16.5. The topological polar surface area (TPSA) is 55.8 Å². The number of benzene rings is 3. The number of anilines is 1. The van der Waals surface area contributed by atoms with Crippen molar-refractivity contribution in [3.63, 3.8) is 0 Å². The molecule has 0 aliphatic carbocycles. The van der Waals surface area contributed by atoms with Gasteiger partial charge in [0.25, 0.3) is 0 Å². The van der Waals surface area contributed by atoms with Crippen molar-refractivity contribution < 1.29 is 19.1 Å². The third kappa shape index (κ3) is 5.35. The van der Waals surface area contributed by atoms with Crippen LogP contribution in [0.25, 0.3) is 11.1 Å². The van der Waals surface area contributed by atoms with Gasteiger partial charge >= 0.3 is 11.9 Å². The van der Waals surface area contributed by atoms with E-state index in [9.17, 15) is 9.59 Å². The Morgan fingerprint density at radius 2 is 1.31 bits per heavy atom. The fraction of sp³-hybridized carbons (Fsp3) is 0.259. The molecule has 0 unspecified atom stereocenters. The van der Waals surface area contributed by atoms with Crippen LogP contribution in [-0.4, -0.2) is 26.1 Å². The first-order chi connectivity index (χ1) is 15.2. The van der Waals surface area contributed by atoms with E-state index in [0.29, 0.717) is 5.69 Å². The molecule has 0 bridgehead atoms. The SMILES string of the molecule is COC(=O)C(=O)N(Cc1ccc(C(C)(C)C)cc1)c1ccc(-c2ccc(OC)cc2)cc1. The van der Waals surface area contributed by atoms with Crippen molar-refractivity contribution in [3.05, 3.63) is 83.9 Å². The molecule has 0 saturated carbocycles. The first-order valence-electron chi connectivity index (χ1n) is 10.5. The van der Waals surface area contributed by atoms with Crippen molar-refractivity contribution >= 4 is 17.6 Å². The fourth-order valence-electron chi connectivity index (χ4n) is 3.39. The van der Waals surface area contributed by atoms with Crippen LogP contribution in [0.2, 0.25) is 0 Å². The zero-order valence-electron chi connectivity index (χ0n) is 19.2. The number of carbonyl (C=O) groups is 2. The number of carbonyl (C=O) groups excluding carboxylic acids is 2. The highest BCUT2D eigenvalue weighted by molar-refractivity contribution is 6.38. The minimum absolute atomic E-state index is 0.0390. The Labute approximate surface area is 189 Å². The first-order valence-corrected chi connectivity index (χ1v) is 10.5. The molecule has 0 radical (unpaired) electrons. The van der Waals surface area contributed by atoms with Crippen molar-refractivity contribution in [3.8, 4) is 16.9 Å². The van der Waals surface area contributed by atoms with Gasteiger partial charge in [0.2, 0.25) is 0 Å². The van der Waals surface area contributed by atoms with Gasteiger partial charge in [-0.05, 0) is 51.9 Å². The highest BCUT2D eigenvalue weighted by Gasteiger charge is 2.24. The smallest absolute Gasteiger partial charge is 0.397 e. The highest BCUT2D eigenvalue weighted by Crippen LogP contribution is 2.27. The Hall–Kier alpha value is -3.60. The molecule has 5 nitrogen and oxygen atoms in total. The van der Waals surface area contributed by atoms with Crippen LogP contribution in [0.5, 0.6) is 5.75 Å². The van der Waals surface area contributed by atoms with Crippen molar-refractivity contribution in [1.82, 2.24) is 0 Å². The summed E-state index contributed by atoms with van der Waals surface area (Å²) in [5, 5.41) is 0. The third-order valence-electron chi connectivity index (χ3n) is 5.37. The largest absolute Gasteiger partial charge is 0.497 e. The van der Waals surface area contributed by atoms with E-state index < -0.39 is 11.9 Å². The van der Waals surface area contributed by atoms with Crippen molar-refractivity contribution in [1.29, 1.82) is 0 Å². The average Bonchev–Trinajstić information content (AvgIpc) is 2.81. The van der Waals surface area contributed by atoms with E-state index >= 15 is 0 Å². The van der Waals surface area contributed by atoms with Gasteiger partial charge in [0.05, 0.1) is 20.8 Å². The third-order valence-corrected chi connectivity index (χ3v) is 5.37. The monoisotopic (exact) mass is 431 g/mol. The van der Waals surface area contributed by atoms with Crippen LogP contribution in [-0.2, 0) is 26.3 Å². The molecule has 0 aromatic heterocycles. The van der Waals surface area contributed by atoms with Gasteiger partial charge in [0, 0.05) is 5.69 Å². The molecule has 3 rings (SSSR count). The molecule has 0 aliphatic rings. The second kappa shape index (κ2) is 9.69. The van der Waals surface area contributed by atoms with Crippen LogP contribution in [0.15, 0.2) is 72.8 Å². The van der Waals surface area contributed by atoms with Crippen molar-refractivity contribution in [2.75, 3.05) is 19.1 Å². The quantitative estimate of drug-likeness (QED) is 0.403. The molecule has 0 saturated heterocycles. The molecule has 0 fully saturated rings. The second-order valence-corrected chi connectivity index (χ2v) is 8.61. The van der Waals surface area contributed by atoms with Crippen molar-refractivity contribution in [2.45, 2.75) is 32.7 Å². The fourth-order valence-corrected chi connectivity index (χ4v) is 3.39. The van der Waals surface area contributed by atoms with E-state index in [4.69, 9.17) is 4.74 Å². The minimum Gasteiger partial charge on any atom is -0.497 e. The minimum atomic E-state index is -0.893. The molecule has 0 atom stereocenters. The molecule has 3 aromatic carbocycles. The second-order valence-electron chi connectivity index (χ2n) is 8.61. The lowest BCUT2D eigenvalue weighted by molar-refractivity contribution is -0.151. The van der Waals surface area contributed by atoms with Gasteiger partial charge in [-0.3, -0.25) is 9.69 Å². The molecular weight excluding hydrogens is 402 g/mol. The van der Waals surface area contributed by atoms with E-state index in [-0.39, 0.29) is 12.0 Å². The number of rotatable bonds is 5. The van der Waals surface area contributed by atoms with Crippen LogP contribution >= 0.6 is 0 Å². The molecule has 0 N–H and O–H groups in total. The molecule has 0 aliphatic heterocycles. The summed E-state index contributed by atoms with van der Waals surface area (Å²) in [5.74, 6) is -0.808. The number of amides is 1. The van der Waals surface area contributed by atoms with Crippen LogP contribution < -0.4 is 9.64 Å². The summed E-state index contributed by atoms with van der Waals surface area (Å²) in [7, 11) is 2.84. The lowest BCUT2D eigenvalue weighted by Gasteiger charge is -2.23. The first kappa shape index (κ1) is 23.1. The lowest BCUT2D eigenvalue weighted by atomic mass is 9.87. The van der Waals surface area contributed by atoms with E-state index in [1.807, 2.05) is 60.7 Å². The summed E-state index contributed by atoms with van der Waals surface area (Å²) < 4.78 is 9.90. The Morgan fingerprint density at radius 1 is 0.781 bits per heavy atom. The summed E-state index contributed by atoms with van der Waals surface area (Å²) in [6.07, 6.45) is 0. The standard InChI is InChI=1S/C27H29NO4/c1-27(2,3)22-12-6-19(7-13-22)18-28(25(29)26(30)32-5)23-14-8-20(9-15-23)21-10-16-24(31-4)17-11-21/h6-17H,18H2,1-5H3. The molecule has 166 valence electrons. The number of esters is 1. The molecule has 0 heterocycles. The van der Waals surface area contributed by atoms with Gasteiger partial charge < -0.3 is 9.47 Å². The van der Waals surface area contributed by atoms with Crippen LogP contribution in [0.4, 0.5) is 5.69 Å². The summed E-state index contributed by atoms with van der Waals surface area (Å²) in [4.78, 5) is 26.2. The number of hydrogen-bond acceptors (Lipinski definition) is 4. The van der Waals surface area contributed by atoms with Crippen molar-refractivity contribution in [2.24, 2.45) is 0 Å². The maximum Gasteiger partial charge on any atom is 0.397 e. The Kier molecular flexibility index (Phi) is 6.98. The normalized spacial score (nSPS) is 11.0. The number of nitrogens with zero attached hydrogens (tertiary/aromatic N) is 1. The summed E-state index contributed by atoms with van der Waals surface area (Å²) in [6.45, 7) is 6.72. The van der Waals surface area contributed by atoms with Crippen LogP contribution in [0, 0.1) is 0 Å². The Bertz CT molecular complexity index is 1060. The summed E-state index contributed by atoms with van der Waals surface area (Å²) >= 11 is 0. The zero-order valence-corrected chi connectivity index (χ0v) is 19.2. The lowest BCUT2D eigenvalue weighted by Crippen LogP contribution is -2.36. The maximum absolute atomic E-state index is 12.8. The van der Waals surface area contributed by atoms with E-state index in [1.165, 1.54) is 17.6 Å². The molecule has 1 amide bonds. The molecule has 32 heavy (non-hydrogen) atoms. The van der Waals surface area contributed by atoms with Gasteiger partial charge in [0.15, 0.2) is 0 Å². The van der Waals surface area contributed by atoms with Crippen LogP contribution in [0.1, 0.15) is 31.9 Å². The molecule has 5 heteroatoms. The number of hydrogen-bond donors (Lipinski definition) is 0.